The number of carbonyl (C=O) groups is 2. The number of nitrogens with zero attached hydrogens (tertiary/aromatic N) is 1. The molecule has 2 aliphatic heterocycles. The minimum atomic E-state index is -0.277. The normalized spacial score (nSPS) is 29.2. The average molecular weight is 352 g/mol. The molecule has 3 fully saturated rings. The molecule has 2 heterocycles. The van der Waals surface area contributed by atoms with Gasteiger partial charge in [0, 0.05) is 31.7 Å². The molecule has 3 amide bonds. The fourth-order valence-corrected chi connectivity index (χ4v) is 4.06. The summed E-state index contributed by atoms with van der Waals surface area (Å²) in [5.41, 5.74) is 0. The first-order valence-corrected chi connectivity index (χ1v) is 9.84. The highest BCUT2D eigenvalue weighted by atomic mass is 16.5. The molecule has 0 radical (unpaired) electrons. The lowest BCUT2D eigenvalue weighted by Crippen LogP contribution is -2.58. The third-order valence-electron chi connectivity index (χ3n) is 5.66. The Kier molecular flexibility index (Phi) is 6.53. The van der Waals surface area contributed by atoms with Crippen LogP contribution in [-0.2, 0) is 9.53 Å². The number of morpholine rings is 1. The van der Waals surface area contributed by atoms with Gasteiger partial charge in [0.1, 0.15) is 6.04 Å². The number of hydrogen-bond donors (Lipinski definition) is 3. The summed E-state index contributed by atoms with van der Waals surface area (Å²) in [6, 6.07) is 0.272. The first-order chi connectivity index (χ1) is 12.1. The molecule has 1 aliphatic carbocycles. The minimum Gasteiger partial charge on any atom is -0.375 e. The van der Waals surface area contributed by atoms with E-state index in [1.807, 2.05) is 11.8 Å². The summed E-state index contributed by atoms with van der Waals surface area (Å²) in [6.07, 6.45) is 7.45. The van der Waals surface area contributed by atoms with E-state index >= 15 is 0 Å². The monoisotopic (exact) mass is 352 g/mol. The molecule has 3 rings (SSSR count). The van der Waals surface area contributed by atoms with E-state index in [4.69, 9.17) is 4.74 Å². The number of carbonyl (C=O) groups excluding carboxylic acids is 2. The van der Waals surface area contributed by atoms with Gasteiger partial charge in [-0.3, -0.25) is 4.79 Å². The van der Waals surface area contributed by atoms with Crippen LogP contribution < -0.4 is 16.0 Å². The van der Waals surface area contributed by atoms with Crippen molar-refractivity contribution in [2.75, 3.05) is 26.2 Å². The van der Waals surface area contributed by atoms with E-state index in [-0.39, 0.29) is 30.1 Å². The van der Waals surface area contributed by atoms with E-state index in [9.17, 15) is 9.59 Å². The number of urea groups is 1. The van der Waals surface area contributed by atoms with Crippen LogP contribution >= 0.6 is 0 Å². The summed E-state index contributed by atoms with van der Waals surface area (Å²) in [7, 11) is 0. The lowest BCUT2D eigenvalue weighted by Gasteiger charge is -2.35. The summed E-state index contributed by atoms with van der Waals surface area (Å²) < 4.78 is 5.54. The van der Waals surface area contributed by atoms with Crippen LogP contribution in [0.5, 0.6) is 0 Å². The van der Waals surface area contributed by atoms with Crippen LogP contribution in [0, 0.1) is 0 Å². The van der Waals surface area contributed by atoms with E-state index in [1.165, 1.54) is 19.3 Å². The van der Waals surface area contributed by atoms with Crippen LogP contribution in [0.4, 0.5) is 4.79 Å². The molecule has 1 saturated carbocycles. The molecule has 0 aromatic rings. The smallest absolute Gasteiger partial charge is 0.317 e. The Morgan fingerprint density at radius 2 is 1.68 bits per heavy atom. The van der Waals surface area contributed by atoms with Crippen molar-refractivity contribution >= 4 is 11.9 Å². The molecular weight excluding hydrogens is 320 g/mol. The molecule has 3 aliphatic rings. The summed E-state index contributed by atoms with van der Waals surface area (Å²) >= 11 is 0. The zero-order chi connectivity index (χ0) is 17.6. The minimum absolute atomic E-state index is 0.0114. The fraction of sp³-hybridized carbons (Fsp3) is 0.889. The first kappa shape index (κ1) is 18.5. The van der Waals surface area contributed by atoms with Crippen molar-refractivity contribution in [1.82, 2.24) is 20.9 Å². The summed E-state index contributed by atoms with van der Waals surface area (Å²) in [5.74, 6) is 0.0114. The molecule has 2 saturated heterocycles. The Morgan fingerprint density at radius 1 is 1.00 bits per heavy atom. The summed E-state index contributed by atoms with van der Waals surface area (Å²) in [6.45, 7) is 4.69. The maximum atomic E-state index is 12.4. The average Bonchev–Trinajstić information content (AvgIpc) is 2.63. The third-order valence-corrected chi connectivity index (χ3v) is 5.66. The molecule has 0 spiro atoms. The highest BCUT2D eigenvalue weighted by molar-refractivity contribution is 5.82. The molecule has 142 valence electrons. The van der Waals surface area contributed by atoms with Crippen molar-refractivity contribution in [2.45, 2.75) is 76.1 Å². The number of likely N-dealkylation sites (tertiary alicyclic amines) is 1. The van der Waals surface area contributed by atoms with Crippen LogP contribution in [0.2, 0.25) is 0 Å². The van der Waals surface area contributed by atoms with Gasteiger partial charge in [0.25, 0.3) is 0 Å². The highest BCUT2D eigenvalue weighted by Crippen LogP contribution is 2.18. The molecule has 7 nitrogen and oxygen atoms in total. The van der Waals surface area contributed by atoms with Gasteiger partial charge in [-0.15, -0.1) is 0 Å². The van der Waals surface area contributed by atoms with Crippen LogP contribution in [0.15, 0.2) is 0 Å². The van der Waals surface area contributed by atoms with Gasteiger partial charge in [0.15, 0.2) is 0 Å². The highest BCUT2D eigenvalue weighted by Gasteiger charge is 2.31. The Labute approximate surface area is 150 Å². The summed E-state index contributed by atoms with van der Waals surface area (Å²) in [5, 5.41) is 9.51. The van der Waals surface area contributed by atoms with Crippen molar-refractivity contribution in [3.63, 3.8) is 0 Å². The van der Waals surface area contributed by atoms with Gasteiger partial charge in [-0.25, -0.2) is 4.79 Å². The zero-order valence-electron chi connectivity index (χ0n) is 15.3. The molecule has 2 atom stereocenters. The van der Waals surface area contributed by atoms with E-state index in [0.29, 0.717) is 32.3 Å². The maximum absolute atomic E-state index is 12.4. The first-order valence-electron chi connectivity index (χ1n) is 9.84. The van der Waals surface area contributed by atoms with Gasteiger partial charge < -0.3 is 25.6 Å². The van der Waals surface area contributed by atoms with Crippen molar-refractivity contribution in [3.8, 4) is 0 Å². The molecule has 0 aromatic heterocycles. The van der Waals surface area contributed by atoms with Gasteiger partial charge in [0.05, 0.1) is 12.7 Å². The quantitative estimate of drug-likeness (QED) is 0.707. The van der Waals surface area contributed by atoms with Crippen LogP contribution in [0.1, 0.15) is 51.9 Å². The van der Waals surface area contributed by atoms with Gasteiger partial charge in [-0.05, 0) is 32.6 Å². The summed E-state index contributed by atoms with van der Waals surface area (Å²) in [4.78, 5) is 26.7. The van der Waals surface area contributed by atoms with E-state index in [0.717, 1.165) is 25.7 Å². The van der Waals surface area contributed by atoms with Crippen LogP contribution in [0.25, 0.3) is 0 Å². The molecule has 7 heteroatoms. The van der Waals surface area contributed by atoms with Gasteiger partial charge in [0.2, 0.25) is 5.91 Å². The Morgan fingerprint density at radius 3 is 2.36 bits per heavy atom. The number of hydrogen-bond acceptors (Lipinski definition) is 4. The second kappa shape index (κ2) is 8.85. The predicted molar refractivity (Wildman–Crippen MR) is 95.3 cm³/mol. The lowest BCUT2D eigenvalue weighted by atomic mass is 9.95. The van der Waals surface area contributed by atoms with Crippen LogP contribution in [0.3, 0.4) is 0 Å². The number of piperidine rings is 1. The van der Waals surface area contributed by atoms with E-state index in [1.54, 1.807) is 0 Å². The molecule has 0 bridgehead atoms. The second-order valence-corrected chi connectivity index (χ2v) is 7.56. The standard InChI is InChI=1S/C18H32N4O3/c1-13-16(19-9-12-25-13)17(23)20-15-7-10-22(11-8-15)18(24)21-14-5-3-2-4-6-14/h13-16,19H,2-12H2,1H3,(H,20,23)(H,21,24)/t13-,16+/m1/s1. The third kappa shape index (κ3) is 5.07. The molecule has 0 aromatic carbocycles. The van der Waals surface area contributed by atoms with Crippen molar-refractivity contribution in [1.29, 1.82) is 0 Å². The molecule has 0 unspecified atom stereocenters. The largest absolute Gasteiger partial charge is 0.375 e. The molecular formula is C18H32N4O3. The zero-order valence-corrected chi connectivity index (χ0v) is 15.3. The lowest BCUT2D eigenvalue weighted by molar-refractivity contribution is -0.129. The van der Waals surface area contributed by atoms with E-state index < -0.39 is 0 Å². The number of amides is 3. The maximum Gasteiger partial charge on any atom is 0.317 e. The van der Waals surface area contributed by atoms with Crippen LogP contribution in [-0.4, -0.2) is 67.3 Å². The van der Waals surface area contributed by atoms with E-state index in [2.05, 4.69) is 16.0 Å². The van der Waals surface area contributed by atoms with Crippen molar-refractivity contribution in [3.05, 3.63) is 0 Å². The van der Waals surface area contributed by atoms with Gasteiger partial charge in [-0.2, -0.15) is 0 Å². The fourth-order valence-electron chi connectivity index (χ4n) is 4.06. The Balaban J connectivity index is 1.39. The predicted octanol–water partition coefficient (Wildman–Crippen LogP) is 0.986. The van der Waals surface area contributed by atoms with Gasteiger partial charge in [-0.1, -0.05) is 19.3 Å². The molecule has 25 heavy (non-hydrogen) atoms. The Hall–Kier alpha value is -1.34. The Bertz CT molecular complexity index is 459. The topological polar surface area (TPSA) is 82.7 Å². The number of nitrogens with one attached hydrogen (secondary N) is 3. The SMILES string of the molecule is C[C@H]1OCCN[C@@H]1C(=O)NC1CCN(C(=O)NC2CCCCC2)CC1. The second-order valence-electron chi connectivity index (χ2n) is 7.56. The molecule has 3 N–H and O–H groups in total. The number of ether oxygens (including phenoxy) is 1. The van der Waals surface area contributed by atoms with Crippen molar-refractivity contribution in [2.24, 2.45) is 0 Å². The number of rotatable bonds is 3. The van der Waals surface area contributed by atoms with Crippen molar-refractivity contribution < 1.29 is 14.3 Å². The van der Waals surface area contributed by atoms with Gasteiger partial charge >= 0.3 is 6.03 Å².